The first kappa shape index (κ1) is 10.00. The van der Waals surface area contributed by atoms with Crippen molar-refractivity contribution in [3.63, 3.8) is 0 Å². The SMILES string of the molecule is O=Cc1c(Br)sc2c1ccc1ccccc12. The topological polar surface area (TPSA) is 17.1 Å². The quantitative estimate of drug-likeness (QED) is 0.597. The number of carbonyl (C=O) groups is 1. The van der Waals surface area contributed by atoms with E-state index < -0.39 is 0 Å². The number of hydrogen-bond acceptors (Lipinski definition) is 2. The molecule has 0 atom stereocenters. The van der Waals surface area contributed by atoms with Gasteiger partial charge in [-0.3, -0.25) is 4.79 Å². The molecule has 2 aromatic carbocycles. The molecule has 0 aliphatic carbocycles. The second-order valence-electron chi connectivity index (χ2n) is 3.57. The summed E-state index contributed by atoms with van der Waals surface area (Å²) in [5.74, 6) is 0. The molecule has 3 aromatic rings. The Kier molecular flexibility index (Phi) is 2.30. The van der Waals surface area contributed by atoms with Crippen LogP contribution in [-0.2, 0) is 0 Å². The molecule has 78 valence electrons. The number of hydrogen-bond donors (Lipinski definition) is 0. The van der Waals surface area contributed by atoms with Gasteiger partial charge in [-0.25, -0.2) is 0 Å². The maximum atomic E-state index is 11.0. The Morgan fingerprint density at radius 3 is 2.69 bits per heavy atom. The van der Waals surface area contributed by atoms with E-state index in [4.69, 9.17) is 0 Å². The molecular formula is C13H7BrOS. The van der Waals surface area contributed by atoms with E-state index in [1.54, 1.807) is 11.3 Å². The number of carbonyl (C=O) groups excluding carboxylic acids is 1. The predicted octanol–water partition coefficient (Wildman–Crippen LogP) is 4.63. The molecular weight excluding hydrogens is 284 g/mol. The van der Waals surface area contributed by atoms with E-state index in [0.29, 0.717) is 0 Å². The van der Waals surface area contributed by atoms with Crippen molar-refractivity contribution in [2.24, 2.45) is 0 Å². The first-order chi connectivity index (χ1) is 7.81. The molecule has 0 fully saturated rings. The van der Waals surface area contributed by atoms with E-state index in [2.05, 4.69) is 34.1 Å². The highest BCUT2D eigenvalue weighted by atomic mass is 79.9. The highest BCUT2D eigenvalue weighted by molar-refractivity contribution is 9.11. The molecule has 1 nitrogen and oxygen atoms in total. The fraction of sp³-hybridized carbons (Fsp3) is 0. The summed E-state index contributed by atoms with van der Waals surface area (Å²) in [5.41, 5.74) is 0.755. The fourth-order valence-electron chi connectivity index (χ4n) is 1.93. The normalized spacial score (nSPS) is 11.1. The zero-order chi connectivity index (χ0) is 11.1. The molecule has 0 unspecified atom stereocenters. The predicted molar refractivity (Wildman–Crippen MR) is 72.4 cm³/mol. The first-order valence-electron chi connectivity index (χ1n) is 4.86. The Hall–Kier alpha value is -1.19. The molecule has 0 radical (unpaired) electrons. The molecule has 3 rings (SSSR count). The van der Waals surface area contributed by atoms with Gasteiger partial charge in [0.05, 0.1) is 3.79 Å². The van der Waals surface area contributed by atoms with Crippen LogP contribution in [0, 0.1) is 0 Å². The van der Waals surface area contributed by atoms with Crippen LogP contribution in [0.15, 0.2) is 40.2 Å². The molecule has 0 spiro atoms. The lowest BCUT2D eigenvalue weighted by Gasteiger charge is -1.98. The average Bonchev–Trinajstić information content (AvgIpc) is 2.65. The van der Waals surface area contributed by atoms with E-state index >= 15 is 0 Å². The van der Waals surface area contributed by atoms with Gasteiger partial charge >= 0.3 is 0 Å². The molecule has 0 amide bonds. The lowest BCUT2D eigenvalue weighted by Crippen LogP contribution is -1.77. The van der Waals surface area contributed by atoms with Gasteiger partial charge in [0.15, 0.2) is 6.29 Å². The van der Waals surface area contributed by atoms with E-state index in [1.807, 2.05) is 18.2 Å². The monoisotopic (exact) mass is 290 g/mol. The summed E-state index contributed by atoms with van der Waals surface area (Å²) in [6, 6.07) is 12.3. The van der Waals surface area contributed by atoms with Crippen molar-refractivity contribution in [2.75, 3.05) is 0 Å². The molecule has 1 aromatic heterocycles. The Morgan fingerprint density at radius 2 is 1.88 bits per heavy atom. The summed E-state index contributed by atoms with van der Waals surface area (Å²) in [6.45, 7) is 0. The molecule has 0 bridgehead atoms. The summed E-state index contributed by atoms with van der Waals surface area (Å²) in [4.78, 5) is 11.0. The van der Waals surface area contributed by atoms with Crippen molar-refractivity contribution in [3.05, 3.63) is 45.7 Å². The van der Waals surface area contributed by atoms with E-state index in [1.165, 1.54) is 15.5 Å². The second-order valence-corrected chi connectivity index (χ2v) is 5.91. The lowest BCUT2D eigenvalue weighted by atomic mass is 10.1. The third kappa shape index (κ3) is 1.32. The number of rotatable bonds is 1. The minimum atomic E-state index is 0.755. The molecule has 0 N–H and O–H groups in total. The summed E-state index contributed by atoms with van der Waals surface area (Å²) >= 11 is 5.06. The van der Waals surface area contributed by atoms with Crippen LogP contribution in [0.4, 0.5) is 0 Å². The largest absolute Gasteiger partial charge is 0.298 e. The van der Waals surface area contributed by atoms with Crippen molar-refractivity contribution in [1.82, 2.24) is 0 Å². The van der Waals surface area contributed by atoms with Gasteiger partial charge in [-0.1, -0.05) is 36.4 Å². The minimum absolute atomic E-state index is 0.755. The standard InChI is InChI=1S/C13H7BrOS/c14-13-11(7-15)10-6-5-8-3-1-2-4-9(8)12(10)16-13/h1-7H. The third-order valence-corrected chi connectivity index (χ3v) is 4.65. The average molecular weight is 291 g/mol. The van der Waals surface area contributed by atoms with Crippen molar-refractivity contribution >= 4 is 54.4 Å². The second kappa shape index (κ2) is 3.68. The summed E-state index contributed by atoms with van der Waals surface area (Å²) < 4.78 is 2.08. The van der Waals surface area contributed by atoms with Crippen LogP contribution >= 0.6 is 27.3 Å². The van der Waals surface area contributed by atoms with E-state index in [9.17, 15) is 4.79 Å². The first-order valence-corrected chi connectivity index (χ1v) is 6.47. The maximum absolute atomic E-state index is 11.0. The number of halogens is 1. The lowest BCUT2D eigenvalue weighted by molar-refractivity contribution is 0.112. The summed E-state index contributed by atoms with van der Waals surface area (Å²) in [7, 11) is 0. The molecule has 1 heterocycles. The van der Waals surface area contributed by atoms with Crippen molar-refractivity contribution in [1.29, 1.82) is 0 Å². The van der Waals surface area contributed by atoms with Crippen LogP contribution in [0.3, 0.4) is 0 Å². The Labute approximate surface area is 105 Å². The van der Waals surface area contributed by atoms with Gasteiger partial charge < -0.3 is 0 Å². The van der Waals surface area contributed by atoms with Gasteiger partial charge in [0.25, 0.3) is 0 Å². The molecule has 3 heteroatoms. The van der Waals surface area contributed by atoms with Crippen LogP contribution in [0.1, 0.15) is 10.4 Å². The zero-order valence-electron chi connectivity index (χ0n) is 8.24. The van der Waals surface area contributed by atoms with Crippen molar-refractivity contribution < 1.29 is 4.79 Å². The van der Waals surface area contributed by atoms with E-state index in [0.717, 1.165) is 21.0 Å². The van der Waals surface area contributed by atoms with Crippen LogP contribution in [-0.4, -0.2) is 6.29 Å². The third-order valence-electron chi connectivity index (χ3n) is 2.69. The Bertz CT molecular complexity index is 700. The highest BCUT2D eigenvalue weighted by Crippen LogP contribution is 2.38. The minimum Gasteiger partial charge on any atom is -0.298 e. The molecule has 0 aliphatic rings. The van der Waals surface area contributed by atoms with Crippen LogP contribution in [0.25, 0.3) is 20.9 Å². The van der Waals surface area contributed by atoms with Crippen LogP contribution in [0.5, 0.6) is 0 Å². The van der Waals surface area contributed by atoms with Gasteiger partial charge in [0.1, 0.15) is 0 Å². The number of aldehydes is 1. The van der Waals surface area contributed by atoms with E-state index in [-0.39, 0.29) is 0 Å². The van der Waals surface area contributed by atoms with Gasteiger partial charge in [-0.05, 0) is 26.7 Å². The molecule has 0 aliphatic heterocycles. The summed E-state index contributed by atoms with van der Waals surface area (Å²) in [6.07, 6.45) is 0.914. The number of thiophene rings is 1. The number of benzene rings is 2. The summed E-state index contributed by atoms with van der Waals surface area (Å²) in [5, 5.41) is 3.45. The Balaban J connectivity index is 2.57. The van der Waals surface area contributed by atoms with Gasteiger partial charge in [0.2, 0.25) is 0 Å². The fourth-order valence-corrected chi connectivity index (χ4v) is 3.75. The molecule has 0 saturated carbocycles. The van der Waals surface area contributed by atoms with Crippen LogP contribution in [0.2, 0.25) is 0 Å². The van der Waals surface area contributed by atoms with Gasteiger partial charge in [-0.2, -0.15) is 0 Å². The van der Waals surface area contributed by atoms with Crippen molar-refractivity contribution in [2.45, 2.75) is 0 Å². The molecule has 16 heavy (non-hydrogen) atoms. The maximum Gasteiger partial charge on any atom is 0.152 e. The van der Waals surface area contributed by atoms with Gasteiger partial charge in [0, 0.05) is 15.6 Å². The Morgan fingerprint density at radius 1 is 1.06 bits per heavy atom. The highest BCUT2D eigenvalue weighted by Gasteiger charge is 2.11. The smallest absolute Gasteiger partial charge is 0.152 e. The van der Waals surface area contributed by atoms with Crippen molar-refractivity contribution in [3.8, 4) is 0 Å². The van der Waals surface area contributed by atoms with Crippen LogP contribution < -0.4 is 0 Å². The molecule has 0 saturated heterocycles. The number of fused-ring (bicyclic) bond motifs is 3. The van der Waals surface area contributed by atoms with Gasteiger partial charge in [-0.15, -0.1) is 11.3 Å². The zero-order valence-corrected chi connectivity index (χ0v) is 10.6.